The van der Waals surface area contributed by atoms with Crippen molar-refractivity contribution in [3.05, 3.63) is 0 Å². The largest absolute Gasteiger partial charge is 0.469 e. The Labute approximate surface area is 103 Å². The van der Waals surface area contributed by atoms with E-state index >= 15 is 0 Å². The molecule has 4 nitrogen and oxygen atoms in total. The van der Waals surface area contributed by atoms with E-state index in [2.05, 4.69) is 4.90 Å². The normalized spacial score (nSPS) is 34.8. The average molecular weight is 240 g/mol. The van der Waals surface area contributed by atoms with Crippen LogP contribution in [-0.4, -0.2) is 43.7 Å². The Kier molecular flexibility index (Phi) is 4.40. The third kappa shape index (κ3) is 2.80. The number of piperidine rings is 1. The zero-order valence-electron chi connectivity index (χ0n) is 10.7. The van der Waals surface area contributed by atoms with Crippen molar-refractivity contribution in [2.24, 2.45) is 17.6 Å². The number of methoxy groups -OCH3 is 1. The maximum absolute atomic E-state index is 11.6. The van der Waals surface area contributed by atoms with E-state index < -0.39 is 0 Å². The van der Waals surface area contributed by atoms with Crippen LogP contribution in [0.3, 0.4) is 0 Å². The molecule has 0 bridgehead atoms. The van der Waals surface area contributed by atoms with Gasteiger partial charge in [0.2, 0.25) is 0 Å². The average Bonchev–Trinajstić information content (AvgIpc) is 2.86. The first-order chi connectivity index (χ1) is 8.26. The van der Waals surface area contributed by atoms with Crippen LogP contribution in [0.1, 0.15) is 32.1 Å². The van der Waals surface area contributed by atoms with Crippen LogP contribution in [0.15, 0.2) is 0 Å². The maximum atomic E-state index is 11.6. The van der Waals surface area contributed by atoms with Gasteiger partial charge in [0, 0.05) is 12.6 Å². The van der Waals surface area contributed by atoms with Crippen molar-refractivity contribution in [2.45, 2.75) is 38.1 Å². The van der Waals surface area contributed by atoms with Gasteiger partial charge in [-0.05, 0) is 44.7 Å². The van der Waals surface area contributed by atoms with Gasteiger partial charge in [-0.1, -0.05) is 6.42 Å². The third-order valence-corrected chi connectivity index (χ3v) is 4.38. The second-order valence-electron chi connectivity index (χ2n) is 5.35. The van der Waals surface area contributed by atoms with E-state index in [1.54, 1.807) is 0 Å². The van der Waals surface area contributed by atoms with Crippen molar-refractivity contribution in [1.29, 1.82) is 0 Å². The molecule has 2 N–H and O–H groups in total. The standard InChI is InChI=1S/C13H24N2O2/c1-17-13(16)11-5-3-7-15(9-11)12-6-2-4-10(12)8-14/h10-12H,2-9,14H2,1H3. The van der Waals surface area contributed by atoms with Crippen LogP contribution >= 0.6 is 0 Å². The minimum absolute atomic E-state index is 0.0444. The van der Waals surface area contributed by atoms with E-state index in [-0.39, 0.29) is 11.9 Å². The lowest BCUT2D eigenvalue weighted by Gasteiger charge is -2.38. The van der Waals surface area contributed by atoms with Crippen LogP contribution in [0.25, 0.3) is 0 Å². The van der Waals surface area contributed by atoms with Crippen LogP contribution in [0.5, 0.6) is 0 Å². The van der Waals surface area contributed by atoms with Crippen molar-refractivity contribution in [3.8, 4) is 0 Å². The molecule has 3 unspecified atom stereocenters. The monoisotopic (exact) mass is 240 g/mol. The Morgan fingerprint density at radius 1 is 1.35 bits per heavy atom. The molecule has 1 heterocycles. The summed E-state index contributed by atoms with van der Waals surface area (Å²) in [6.07, 6.45) is 5.86. The Morgan fingerprint density at radius 3 is 2.88 bits per heavy atom. The lowest BCUT2D eigenvalue weighted by Crippen LogP contribution is -2.47. The van der Waals surface area contributed by atoms with Gasteiger partial charge < -0.3 is 10.5 Å². The van der Waals surface area contributed by atoms with E-state index in [0.29, 0.717) is 12.0 Å². The number of carbonyl (C=O) groups excluding carboxylic acids is 1. The van der Waals surface area contributed by atoms with E-state index in [4.69, 9.17) is 10.5 Å². The van der Waals surface area contributed by atoms with Crippen LogP contribution in [0.4, 0.5) is 0 Å². The van der Waals surface area contributed by atoms with Crippen LogP contribution in [-0.2, 0) is 9.53 Å². The maximum Gasteiger partial charge on any atom is 0.309 e. The molecule has 2 aliphatic rings. The number of esters is 1. The van der Waals surface area contributed by atoms with Crippen molar-refractivity contribution in [3.63, 3.8) is 0 Å². The molecular formula is C13H24N2O2. The van der Waals surface area contributed by atoms with Gasteiger partial charge in [-0.25, -0.2) is 0 Å². The predicted molar refractivity (Wildman–Crippen MR) is 66.5 cm³/mol. The topological polar surface area (TPSA) is 55.6 Å². The summed E-state index contributed by atoms with van der Waals surface area (Å²) in [6.45, 7) is 2.77. The summed E-state index contributed by atoms with van der Waals surface area (Å²) in [5, 5.41) is 0. The summed E-state index contributed by atoms with van der Waals surface area (Å²) >= 11 is 0. The first kappa shape index (κ1) is 12.8. The molecule has 0 amide bonds. The minimum atomic E-state index is -0.0444. The first-order valence-corrected chi connectivity index (χ1v) is 6.78. The zero-order valence-corrected chi connectivity index (χ0v) is 10.7. The Hall–Kier alpha value is -0.610. The fourth-order valence-corrected chi connectivity index (χ4v) is 3.44. The first-order valence-electron chi connectivity index (χ1n) is 6.78. The molecule has 0 aromatic rings. The molecule has 0 aromatic heterocycles. The summed E-state index contributed by atoms with van der Waals surface area (Å²) in [5.41, 5.74) is 5.83. The molecule has 1 saturated carbocycles. The highest BCUT2D eigenvalue weighted by Crippen LogP contribution is 2.32. The van der Waals surface area contributed by atoms with Crippen molar-refractivity contribution < 1.29 is 9.53 Å². The highest BCUT2D eigenvalue weighted by molar-refractivity contribution is 5.72. The molecule has 17 heavy (non-hydrogen) atoms. The van der Waals surface area contributed by atoms with Gasteiger partial charge in [-0.15, -0.1) is 0 Å². The van der Waals surface area contributed by atoms with Gasteiger partial charge in [-0.2, -0.15) is 0 Å². The Balaban J connectivity index is 1.94. The Bertz CT molecular complexity index is 270. The quantitative estimate of drug-likeness (QED) is 0.748. The van der Waals surface area contributed by atoms with E-state index in [1.165, 1.54) is 26.4 Å². The summed E-state index contributed by atoms with van der Waals surface area (Å²) in [7, 11) is 1.49. The van der Waals surface area contributed by atoms with E-state index in [1.807, 2.05) is 0 Å². The van der Waals surface area contributed by atoms with Gasteiger partial charge in [0.15, 0.2) is 0 Å². The van der Waals surface area contributed by atoms with Crippen LogP contribution in [0.2, 0.25) is 0 Å². The molecule has 0 radical (unpaired) electrons. The SMILES string of the molecule is COC(=O)C1CCCN(C2CCCC2CN)C1. The van der Waals surface area contributed by atoms with Gasteiger partial charge in [0.25, 0.3) is 0 Å². The second-order valence-corrected chi connectivity index (χ2v) is 5.35. The lowest BCUT2D eigenvalue weighted by molar-refractivity contribution is -0.147. The number of hydrogen-bond acceptors (Lipinski definition) is 4. The minimum Gasteiger partial charge on any atom is -0.469 e. The molecule has 98 valence electrons. The fraction of sp³-hybridized carbons (Fsp3) is 0.923. The molecule has 2 rings (SSSR count). The highest BCUT2D eigenvalue weighted by atomic mass is 16.5. The highest BCUT2D eigenvalue weighted by Gasteiger charge is 2.35. The van der Waals surface area contributed by atoms with Gasteiger partial charge in [0.05, 0.1) is 13.0 Å². The van der Waals surface area contributed by atoms with Crippen molar-refractivity contribution in [1.82, 2.24) is 4.90 Å². The van der Waals surface area contributed by atoms with Gasteiger partial charge >= 0.3 is 5.97 Å². The Morgan fingerprint density at radius 2 is 2.18 bits per heavy atom. The van der Waals surface area contributed by atoms with Crippen molar-refractivity contribution in [2.75, 3.05) is 26.7 Å². The molecular weight excluding hydrogens is 216 g/mol. The molecule has 1 aliphatic heterocycles. The number of nitrogens with zero attached hydrogens (tertiary/aromatic N) is 1. The van der Waals surface area contributed by atoms with Crippen molar-refractivity contribution >= 4 is 5.97 Å². The third-order valence-electron chi connectivity index (χ3n) is 4.38. The number of rotatable bonds is 3. The van der Waals surface area contributed by atoms with Gasteiger partial charge in [0.1, 0.15) is 0 Å². The molecule has 0 spiro atoms. The molecule has 3 atom stereocenters. The van der Waals surface area contributed by atoms with Crippen LogP contribution in [0, 0.1) is 11.8 Å². The molecule has 1 saturated heterocycles. The summed E-state index contributed by atoms with van der Waals surface area (Å²) in [4.78, 5) is 14.1. The second kappa shape index (κ2) is 5.83. The lowest BCUT2D eigenvalue weighted by atomic mass is 9.94. The fourth-order valence-electron chi connectivity index (χ4n) is 3.44. The van der Waals surface area contributed by atoms with E-state index in [0.717, 1.165) is 32.5 Å². The number of carbonyl (C=O) groups is 1. The molecule has 2 fully saturated rings. The molecule has 0 aromatic carbocycles. The van der Waals surface area contributed by atoms with Crippen LogP contribution < -0.4 is 5.73 Å². The summed E-state index contributed by atoms with van der Waals surface area (Å²) in [6, 6.07) is 0.604. The summed E-state index contributed by atoms with van der Waals surface area (Å²) in [5.74, 6) is 0.663. The smallest absolute Gasteiger partial charge is 0.309 e. The molecule has 4 heteroatoms. The summed E-state index contributed by atoms with van der Waals surface area (Å²) < 4.78 is 4.86. The number of ether oxygens (including phenoxy) is 1. The zero-order chi connectivity index (χ0) is 12.3. The molecule has 1 aliphatic carbocycles. The number of likely N-dealkylation sites (tertiary alicyclic amines) is 1. The van der Waals surface area contributed by atoms with Gasteiger partial charge in [-0.3, -0.25) is 9.69 Å². The predicted octanol–water partition coefficient (Wildman–Crippen LogP) is 0.999. The van der Waals surface area contributed by atoms with E-state index in [9.17, 15) is 4.79 Å². The number of hydrogen-bond donors (Lipinski definition) is 1. The number of nitrogens with two attached hydrogens (primary N) is 1.